The summed E-state index contributed by atoms with van der Waals surface area (Å²) in [5.74, 6) is -1.36. The van der Waals surface area contributed by atoms with Crippen molar-refractivity contribution in [3.8, 4) is 0 Å². The summed E-state index contributed by atoms with van der Waals surface area (Å²) in [5, 5.41) is 11.9. The predicted molar refractivity (Wildman–Crippen MR) is 69.3 cm³/mol. The van der Waals surface area contributed by atoms with E-state index < -0.39 is 24.0 Å². The fourth-order valence-corrected chi connectivity index (χ4v) is 1.81. The molecule has 2 atom stereocenters. The number of imidazole rings is 1. The maximum Gasteiger partial charge on any atom is 0.320 e. The monoisotopic (exact) mass is 268 g/mol. The number of H-pyrrole nitrogens is 1. The van der Waals surface area contributed by atoms with Crippen LogP contribution in [0.3, 0.4) is 0 Å². The van der Waals surface area contributed by atoms with Crippen LogP contribution in [0, 0.1) is 5.92 Å². The fraction of sp³-hybridized carbons (Fsp3) is 0.583. The molecule has 0 spiro atoms. The van der Waals surface area contributed by atoms with Crippen LogP contribution in [0.1, 0.15) is 26.0 Å². The molecule has 0 radical (unpaired) electrons. The quantitative estimate of drug-likeness (QED) is 0.524. The van der Waals surface area contributed by atoms with E-state index in [1.165, 1.54) is 6.33 Å². The molecule has 0 aliphatic rings. The van der Waals surface area contributed by atoms with Gasteiger partial charge in [-0.25, -0.2) is 4.98 Å². The first-order valence-corrected chi connectivity index (χ1v) is 6.15. The van der Waals surface area contributed by atoms with Crippen LogP contribution >= 0.6 is 0 Å². The number of carboxylic acid groups (broad SMARTS) is 1. The summed E-state index contributed by atoms with van der Waals surface area (Å²) >= 11 is 0. The largest absolute Gasteiger partial charge is 0.480 e. The van der Waals surface area contributed by atoms with Crippen LogP contribution in [0.4, 0.5) is 0 Å². The topological polar surface area (TPSA) is 121 Å². The van der Waals surface area contributed by atoms with Gasteiger partial charge < -0.3 is 15.8 Å². The van der Waals surface area contributed by atoms with Gasteiger partial charge in [-0.1, -0.05) is 13.8 Å². The number of amides is 1. The van der Waals surface area contributed by atoms with Crippen molar-refractivity contribution in [1.82, 2.24) is 15.3 Å². The van der Waals surface area contributed by atoms with Crippen molar-refractivity contribution in [1.29, 1.82) is 0 Å². The van der Waals surface area contributed by atoms with Gasteiger partial charge in [0.2, 0.25) is 5.91 Å². The highest BCUT2D eigenvalue weighted by molar-refractivity contribution is 5.81. The minimum atomic E-state index is -0.982. The van der Waals surface area contributed by atoms with E-state index in [0.717, 1.165) is 5.69 Å². The summed E-state index contributed by atoms with van der Waals surface area (Å²) in [6.45, 7) is 3.84. The van der Waals surface area contributed by atoms with Gasteiger partial charge >= 0.3 is 5.97 Å². The molecular formula is C12H20N4O3. The molecular weight excluding hydrogens is 248 g/mol. The number of carboxylic acids is 1. The van der Waals surface area contributed by atoms with Gasteiger partial charge in [0.15, 0.2) is 0 Å². The van der Waals surface area contributed by atoms with Crippen LogP contribution in [-0.4, -0.2) is 39.0 Å². The lowest BCUT2D eigenvalue weighted by Gasteiger charge is -2.21. The Hall–Kier alpha value is -1.89. The van der Waals surface area contributed by atoms with Gasteiger partial charge in [-0.05, 0) is 12.3 Å². The molecule has 1 unspecified atom stereocenters. The van der Waals surface area contributed by atoms with E-state index in [2.05, 4.69) is 15.3 Å². The van der Waals surface area contributed by atoms with Crippen LogP contribution in [0.25, 0.3) is 0 Å². The number of aliphatic carboxylic acids is 1. The Balaban J connectivity index is 2.70. The van der Waals surface area contributed by atoms with Crippen LogP contribution in [0.2, 0.25) is 0 Å². The van der Waals surface area contributed by atoms with Crippen LogP contribution < -0.4 is 11.1 Å². The van der Waals surface area contributed by atoms with Gasteiger partial charge in [0.25, 0.3) is 0 Å². The molecule has 0 fully saturated rings. The van der Waals surface area contributed by atoms with Crippen LogP contribution in [0.15, 0.2) is 12.5 Å². The molecule has 7 heteroatoms. The Labute approximate surface area is 111 Å². The van der Waals surface area contributed by atoms with Gasteiger partial charge in [0, 0.05) is 18.3 Å². The Morgan fingerprint density at radius 2 is 2.16 bits per heavy atom. The second-order valence-corrected chi connectivity index (χ2v) is 4.92. The lowest BCUT2D eigenvalue weighted by molar-refractivity contribution is -0.140. The standard InChI is InChI=1S/C12H20N4O3/c1-7(2)3-10(12(18)19)16-9(11(13)17)4-8-5-14-6-15-8/h5-7,9-10,16H,3-4H2,1-2H3,(H2,13,17)(H,14,15)(H,18,19)/t9-,10?/m0/s1. The first kappa shape index (κ1) is 15.2. The zero-order chi connectivity index (χ0) is 14.4. The number of nitrogens with one attached hydrogen (secondary N) is 2. The third kappa shape index (κ3) is 5.09. The van der Waals surface area contributed by atoms with Crippen molar-refractivity contribution >= 4 is 11.9 Å². The van der Waals surface area contributed by atoms with E-state index in [-0.39, 0.29) is 12.3 Å². The fourth-order valence-electron chi connectivity index (χ4n) is 1.81. The lowest BCUT2D eigenvalue weighted by Crippen LogP contribution is -2.51. The number of nitrogens with zero attached hydrogens (tertiary/aromatic N) is 1. The van der Waals surface area contributed by atoms with Crippen molar-refractivity contribution in [3.63, 3.8) is 0 Å². The Kier molecular flexibility index (Phi) is 5.50. The lowest BCUT2D eigenvalue weighted by atomic mass is 10.0. The highest BCUT2D eigenvalue weighted by atomic mass is 16.4. The molecule has 0 bridgehead atoms. The number of hydrogen-bond donors (Lipinski definition) is 4. The summed E-state index contributed by atoms with van der Waals surface area (Å²) in [6, 6.07) is -1.53. The molecule has 1 rings (SSSR count). The van der Waals surface area contributed by atoms with Crippen LogP contribution in [-0.2, 0) is 16.0 Å². The molecule has 5 N–H and O–H groups in total. The zero-order valence-corrected chi connectivity index (χ0v) is 11.1. The molecule has 0 aliphatic heterocycles. The van der Waals surface area contributed by atoms with Crippen molar-refractivity contribution < 1.29 is 14.7 Å². The molecule has 0 saturated carbocycles. The van der Waals surface area contributed by atoms with Crippen LogP contribution in [0.5, 0.6) is 0 Å². The van der Waals surface area contributed by atoms with E-state index in [4.69, 9.17) is 10.8 Å². The smallest absolute Gasteiger partial charge is 0.320 e. The van der Waals surface area contributed by atoms with Crippen molar-refractivity contribution in [2.75, 3.05) is 0 Å². The molecule has 1 heterocycles. The zero-order valence-electron chi connectivity index (χ0n) is 11.1. The number of rotatable bonds is 8. The minimum absolute atomic E-state index is 0.203. The SMILES string of the molecule is CC(C)CC(N[C@@H](Cc1cnc[nH]1)C(N)=O)C(=O)O. The number of hydrogen-bond acceptors (Lipinski definition) is 4. The molecule has 19 heavy (non-hydrogen) atoms. The van der Waals surface area contributed by atoms with E-state index in [9.17, 15) is 9.59 Å². The number of aromatic amines is 1. The molecule has 106 valence electrons. The molecule has 0 aliphatic carbocycles. The number of aromatic nitrogens is 2. The average Bonchev–Trinajstić information content (AvgIpc) is 2.78. The molecule has 0 saturated heterocycles. The predicted octanol–water partition coefficient (Wildman–Crippen LogP) is -0.105. The molecule has 0 aromatic carbocycles. The van der Waals surface area contributed by atoms with Gasteiger partial charge in [-0.15, -0.1) is 0 Å². The molecule has 1 amide bonds. The average molecular weight is 268 g/mol. The number of nitrogens with two attached hydrogens (primary N) is 1. The Bertz CT molecular complexity index is 417. The number of primary amides is 1. The maximum atomic E-state index is 11.4. The van der Waals surface area contributed by atoms with Crippen molar-refractivity contribution in [2.24, 2.45) is 11.7 Å². The second-order valence-electron chi connectivity index (χ2n) is 4.92. The molecule has 7 nitrogen and oxygen atoms in total. The summed E-state index contributed by atoms with van der Waals surface area (Å²) < 4.78 is 0. The van der Waals surface area contributed by atoms with Crippen molar-refractivity contribution in [3.05, 3.63) is 18.2 Å². The summed E-state index contributed by atoms with van der Waals surface area (Å²) in [7, 11) is 0. The summed E-state index contributed by atoms with van der Waals surface area (Å²) in [6.07, 6.45) is 3.80. The van der Waals surface area contributed by atoms with Gasteiger partial charge in [0.05, 0.1) is 12.4 Å². The number of carbonyl (C=O) groups is 2. The van der Waals surface area contributed by atoms with E-state index in [1.54, 1.807) is 6.20 Å². The first-order chi connectivity index (χ1) is 8.90. The molecule has 1 aromatic rings. The van der Waals surface area contributed by atoms with E-state index >= 15 is 0 Å². The van der Waals surface area contributed by atoms with Crippen molar-refractivity contribution in [2.45, 2.75) is 38.8 Å². The third-order valence-corrected chi connectivity index (χ3v) is 2.73. The highest BCUT2D eigenvalue weighted by Gasteiger charge is 2.25. The summed E-state index contributed by atoms with van der Waals surface area (Å²) in [5.41, 5.74) is 6.03. The maximum absolute atomic E-state index is 11.4. The Morgan fingerprint density at radius 1 is 1.47 bits per heavy atom. The van der Waals surface area contributed by atoms with E-state index in [1.807, 2.05) is 13.8 Å². The van der Waals surface area contributed by atoms with Gasteiger partial charge in [-0.2, -0.15) is 0 Å². The third-order valence-electron chi connectivity index (χ3n) is 2.73. The normalized spacial score (nSPS) is 14.3. The Morgan fingerprint density at radius 3 is 2.58 bits per heavy atom. The first-order valence-electron chi connectivity index (χ1n) is 6.15. The molecule has 1 aromatic heterocycles. The summed E-state index contributed by atoms with van der Waals surface area (Å²) in [4.78, 5) is 29.3. The highest BCUT2D eigenvalue weighted by Crippen LogP contribution is 2.07. The van der Waals surface area contributed by atoms with Gasteiger partial charge in [-0.3, -0.25) is 14.9 Å². The minimum Gasteiger partial charge on any atom is -0.480 e. The van der Waals surface area contributed by atoms with Gasteiger partial charge in [0.1, 0.15) is 6.04 Å². The number of carbonyl (C=O) groups excluding carboxylic acids is 1. The second kappa shape index (κ2) is 6.89. The van der Waals surface area contributed by atoms with E-state index in [0.29, 0.717) is 6.42 Å².